The van der Waals surface area contributed by atoms with Crippen molar-refractivity contribution in [1.29, 1.82) is 0 Å². The van der Waals surface area contributed by atoms with Gasteiger partial charge in [-0.05, 0) is 67.8 Å². The summed E-state index contributed by atoms with van der Waals surface area (Å²) in [5.74, 6) is 1.81. The Morgan fingerprint density at radius 1 is 0.968 bits per heavy atom. The summed E-state index contributed by atoms with van der Waals surface area (Å²) in [6.45, 7) is 6.90. The van der Waals surface area contributed by atoms with Crippen LogP contribution in [0.1, 0.15) is 31.9 Å². The Morgan fingerprint density at radius 3 is 2.29 bits per heavy atom. The molecule has 0 N–H and O–H groups in total. The van der Waals surface area contributed by atoms with Crippen LogP contribution in [0.25, 0.3) is 5.57 Å². The highest BCUT2D eigenvalue weighted by molar-refractivity contribution is 5.75. The average Bonchev–Trinajstić information content (AvgIpc) is 2.79. The molecule has 0 aliphatic heterocycles. The average molecular weight is 429 g/mol. The zero-order valence-corrected chi connectivity index (χ0v) is 19.0. The van der Waals surface area contributed by atoms with Gasteiger partial charge >= 0.3 is 5.97 Å². The quantitative estimate of drug-likeness (QED) is 0.457. The van der Waals surface area contributed by atoms with E-state index >= 15 is 0 Å². The molecule has 0 fully saturated rings. The van der Waals surface area contributed by atoms with Crippen molar-refractivity contribution in [3.63, 3.8) is 0 Å². The molecule has 31 heavy (non-hydrogen) atoms. The smallest absolute Gasteiger partial charge is 0.335 e. The van der Waals surface area contributed by atoms with Crippen LogP contribution >= 0.6 is 0 Å². The fourth-order valence-corrected chi connectivity index (χ4v) is 3.04. The molecule has 6 nitrogen and oxygen atoms in total. The molecule has 2 aromatic rings. The Labute approximate surface area is 184 Å². The van der Waals surface area contributed by atoms with E-state index in [9.17, 15) is 4.79 Å². The van der Waals surface area contributed by atoms with Gasteiger partial charge < -0.3 is 23.7 Å². The van der Waals surface area contributed by atoms with Gasteiger partial charge in [0.1, 0.15) is 12.4 Å². The highest BCUT2D eigenvalue weighted by atomic mass is 16.6. The summed E-state index contributed by atoms with van der Waals surface area (Å²) in [6, 6.07) is 13.5. The molecule has 2 aromatic carbocycles. The van der Waals surface area contributed by atoms with Crippen molar-refractivity contribution in [2.75, 3.05) is 34.0 Å². The third kappa shape index (κ3) is 7.33. The summed E-state index contributed by atoms with van der Waals surface area (Å²) in [7, 11) is 3.24. The number of carbonyl (C=O) groups excluding carboxylic acids is 1. The number of hydrogen-bond donors (Lipinski definition) is 0. The number of methoxy groups -OCH3 is 2. The molecule has 168 valence electrons. The second-order valence-corrected chi connectivity index (χ2v) is 6.81. The first-order chi connectivity index (χ1) is 15.0. The fraction of sp³-hybridized carbons (Fsp3) is 0.400. The minimum Gasteiger partial charge on any atom is -0.493 e. The topological polar surface area (TPSA) is 63.2 Å². The van der Waals surface area contributed by atoms with E-state index in [-0.39, 0.29) is 5.97 Å². The largest absolute Gasteiger partial charge is 0.493 e. The summed E-state index contributed by atoms with van der Waals surface area (Å²) >= 11 is 0. The monoisotopic (exact) mass is 428 g/mol. The van der Waals surface area contributed by atoms with Crippen LogP contribution in [0.2, 0.25) is 0 Å². The van der Waals surface area contributed by atoms with E-state index in [4.69, 9.17) is 23.7 Å². The van der Waals surface area contributed by atoms with E-state index in [1.165, 1.54) is 0 Å². The summed E-state index contributed by atoms with van der Waals surface area (Å²) < 4.78 is 27.1. The van der Waals surface area contributed by atoms with Crippen LogP contribution in [-0.2, 0) is 20.7 Å². The van der Waals surface area contributed by atoms with Gasteiger partial charge in [-0.3, -0.25) is 0 Å². The van der Waals surface area contributed by atoms with Crippen LogP contribution in [0.15, 0.2) is 48.5 Å². The molecule has 0 saturated heterocycles. The maximum Gasteiger partial charge on any atom is 0.335 e. The summed E-state index contributed by atoms with van der Waals surface area (Å²) in [4.78, 5) is 12.0. The fourth-order valence-electron chi connectivity index (χ4n) is 3.04. The molecule has 0 spiro atoms. The number of esters is 1. The van der Waals surface area contributed by atoms with Crippen LogP contribution in [0.4, 0.5) is 0 Å². The molecule has 1 atom stereocenters. The van der Waals surface area contributed by atoms with Crippen LogP contribution < -0.4 is 14.2 Å². The lowest BCUT2D eigenvalue weighted by molar-refractivity contribution is -0.156. The van der Waals surface area contributed by atoms with Crippen molar-refractivity contribution in [3.05, 3.63) is 59.7 Å². The Bertz CT molecular complexity index is 857. The van der Waals surface area contributed by atoms with Gasteiger partial charge in [0, 0.05) is 13.0 Å². The minimum atomic E-state index is -0.594. The predicted molar refractivity (Wildman–Crippen MR) is 121 cm³/mol. The normalized spacial score (nSPS) is 12.2. The van der Waals surface area contributed by atoms with Gasteiger partial charge in [0.05, 0.1) is 20.8 Å². The van der Waals surface area contributed by atoms with E-state index in [1.54, 1.807) is 21.1 Å². The molecule has 6 heteroatoms. The van der Waals surface area contributed by atoms with Crippen molar-refractivity contribution < 1.29 is 28.5 Å². The van der Waals surface area contributed by atoms with Crippen LogP contribution in [0.5, 0.6) is 17.2 Å². The van der Waals surface area contributed by atoms with Crippen LogP contribution in [-0.4, -0.2) is 46.1 Å². The predicted octanol–water partition coefficient (Wildman–Crippen LogP) is 4.70. The van der Waals surface area contributed by atoms with Crippen LogP contribution in [0, 0.1) is 0 Å². The third-order valence-corrected chi connectivity index (χ3v) is 4.74. The minimum absolute atomic E-state index is 0.333. The first kappa shape index (κ1) is 24.3. The number of ether oxygens (including phenoxy) is 5. The second-order valence-electron chi connectivity index (χ2n) is 6.81. The molecule has 0 aliphatic carbocycles. The molecule has 2 rings (SSSR count). The second kappa shape index (κ2) is 12.6. The molecule has 0 bridgehead atoms. The lowest BCUT2D eigenvalue weighted by Crippen LogP contribution is -2.28. The molecule has 1 unspecified atom stereocenters. The lowest BCUT2D eigenvalue weighted by Gasteiger charge is -2.15. The highest BCUT2D eigenvalue weighted by Gasteiger charge is 2.20. The van der Waals surface area contributed by atoms with Gasteiger partial charge in [-0.25, -0.2) is 4.79 Å². The molecule has 0 radical (unpaired) electrons. The van der Waals surface area contributed by atoms with Crippen molar-refractivity contribution in [2.45, 2.75) is 33.3 Å². The first-order valence-electron chi connectivity index (χ1n) is 10.4. The summed E-state index contributed by atoms with van der Waals surface area (Å²) in [6.07, 6.45) is 1.88. The Hall–Kier alpha value is -2.99. The molecule has 0 amide bonds. The number of allylic oxidation sites excluding steroid dienone is 1. The van der Waals surface area contributed by atoms with Crippen molar-refractivity contribution in [2.24, 2.45) is 0 Å². The number of benzene rings is 2. The van der Waals surface area contributed by atoms with Crippen molar-refractivity contribution >= 4 is 11.5 Å². The van der Waals surface area contributed by atoms with E-state index in [2.05, 4.69) is 0 Å². The number of hydrogen-bond acceptors (Lipinski definition) is 6. The zero-order valence-electron chi connectivity index (χ0n) is 19.0. The van der Waals surface area contributed by atoms with Gasteiger partial charge in [-0.1, -0.05) is 18.2 Å². The lowest BCUT2D eigenvalue weighted by atomic mass is 10.1. The first-order valence-corrected chi connectivity index (χ1v) is 10.4. The number of rotatable bonds is 12. The molecule has 0 heterocycles. The van der Waals surface area contributed by atoms with Gasteiger partial charge in [-0.2, -0.15) is 0 Å². The van der Waals surface area contributed by atoms with Crippen LogP contribution in [0.3, 0.4) is 0 Å². The van der Waals surface area contributed by atoms with Crippen molar-refractivity contribution in [1.82, 2.24) is 0 Å². The zero-order chi connectivity index (χ0) is 22.6. The van der Waals surface area contributed by atoms with E-state index in [0.717, 1.165) is 22.4 Å². The van der Waals surface area contributed by atoms with E-state index in [1.807, 2.05) is 62.4 Å². The van der Waals surface area contributed by atoms with E-state index < -0.39 is 6.10 Å². The third-order valence-electron chi connectivity index (χ3n) is 4.74. The molecular formula is C25H32O6. The molecule has 0 aliphatic rings. The van der Waals surface area contributed by atoms with Gasteiger partial charge in [0.25, 0.3) is 0 Å². The Morgan fingerprint density at radius 2 is 1.68 bits per heavy atom. The van der Waals surface area contributed by atoms with Gasteiger partial charge in [0.2, 0.25) is 0 Å². The number of carbonyl (C=O) groups is 1. The van der Waals surface area contributed by atoms with E-state index in [0.29, 0.717) is 37.7 Å². The van der Waals surface area contributed by atoms with Gasteiger partial charge in [0.15, 0.2) is 17.6 Å². The Balaban J connectivity index is 1.95. The maximum atomic E-state index is 12.0. The SMILES string of the molecule is CCOC(=O)C(Cc1ccc(OCC=C(C)c2ccc(OC)c(OC)c2)cc1)OCC. The van der Waals surface area contributed by atoms with Gasteiger partial charge in [-0.15, -0.1) is 0 Å². The molecule has 0 aromatic heterocycles. The van der Waals surface area contributed by atoms with Crippen molar-refractivity contribution in [3.8, 4) is 17.2 Å². The molecular weight excluding hydrogens is 396 g/mol. The standard InChI is InChI=1S/C25H32O6/c1-6-29-24(25(26)30-7-2)16-19-8-11-21(12-9-19)31-15-14-18(3)20-10-13-22(27-4)23(17-20)28-5/h8-14,17,24H,6-7,15-16H2,1-5H3. The summed E-state index contributed by atoms with van der Waals surface area (Å²) in [5, 5.41) is 0. The molecule has 0 saturated carbocycles. The highest BCUT2D eigenvalue weighted by Crippen LogP contribution is 2.30. The maximum absolute atomic E-state index is 12.0. The Kier molecular flexibility index (Phi) is 9.91. The summed E-state index contributed by atoms with van der Waals surface area (Å²) in [5.41, 5.74) is 3.10.